The smallest absolute Gasteiger partial charge is 0.0664 e. The molecule has 0 saturated heterocycles. The van der Waals surface area contributed by atoms with Crippen LogP contribution in [0.25, 0.3) is 5.52 Å². The van der Waals surface area contributed by atoms with E-state index in [1.807, 2.05) is 11.4 Å². The van der Waals surface area contributed by atoms with Crippen LogP contribution >= 0.6 is 0 Å². The fourth-order valence-corrected chi connectivity index (χ4v) is 1.56. The van der Waals surface area contributed by atoms with E-state index in [0.717, 1.165) is 11.2 Å². The number of hydrogen-bond donors (Lipinski definition) is 0. The molecule has 0 N–H and O–H groups in total. The summed E-state index contributed by atoms with van der Waals surface area (Å²) in [7, 11) is 0. The van der Waals surface area contributed by atoms with Crippen LogP contribution < -0.4 is 0 Å². The Labute approximate surface area is 84.6 Å². The highest BCUT2D eigenvalue weighted by atomic mass is 15.2. The third-order valence-electron chi connectivity index (χ3n) is 2.45. The maximum Gasteiger partial charge on any atom is 0.0664 e. The van der Waals surface area contributed by atoms with Crippen molar-refractivity contribution < 1.29 is 0 Å². The average molecular weight is 188 g/mol. The Morgan fingerprint density at radius 1 is 1.21 bits per heavy atom. The topological polar surface area (TPSA) is 17.3 Å². The Morgan fingerprint density at radius 2 is 1.93 bits per heavy atom. The van der Waals surface area contributed by atoms with Gasteiger partial charge in [0.2, 0.25) is 0 Å². The van der Waals surface area contributed by atoms with Gasteiger partial charge in [0, 0.05) is 6.20 Å². The minimum atomic E-state index is 0.189. The second-order valence-corrected chi connectivity index (χ2v) is 4.82. The zero-order valence-electron chi connectivity index (χ0n) is 9.20. The number of hydrogen-bond acceptors (Lipinski definition) is 1. The van der Waals surface area contributed by atoms with Crippen molar-refractivity contribution in [2.75, 3.05) is 0 Å². The molecule has 2 aromatic rings. The Morgan fingerprint density at radius 3 is 2.57 bits per heavy atom. The van der Waals surface area contributed by atoms with Gasteiger partial charge in [-0.25, -0.2) is 4.52 Å². The number of aryl methyl sites for hydroxylation is 1. The van der Waals surface area contributed by atoms with Crippen molar-refractivity contribution in [3.05, 3.63) is 35.7 Å². The fourth-order valence-electron chi connectivity index (χ4n) is 1.56. The molecule has 0 unspecified atom stereocenters. The second kappa shape index (κ2) is 2.84. The van der Waals surface area contributed by atoms with Crippen LogP contribution in [0, 0.1) is 6.92 Å². The van der Waals surface area contributed by atoms with E-state index >= 15 is 0 Å². The molecule has 2 rings (SSSR count). The molecule has 0 aromatic carbocycles. The van der Waals surface area contributed by atoms with E-state index in [0.29, 0.717) is 0 Å². The van der Waals surface area contributed by atoms with Crippen molar-refractivity contribution in [3.63, 3.8) is 0 Å². The van der Waals surface area contributed by atoms with Gasteiger partial charge in [0.05, 0.1) is 11.2 Å². The molecule has 2 heterocycles. The molecule has 0 aliphatic carbocycles. The zero-order chi connectivity index (χ0) is 10.3. The molecule has 0 bridgehead atoms. The molecule has 2 aromatic heterocycles. The van der Waals surface area contributed by atoms with Crippen LogP contribution in [-0.4, -0.2) is 9.61 Å². The van der Waals surface area contributed by atoms with Crippen molar-refractivity contribution in [1.82, 2.24) is 9.61 Å². The largest absolute Gasteiger partial charge is 0.240 e. The molecular weight excluding hydrogens is 172 g/mol. The highest BCUT2D eigenvalue weighted by molar-refractivity contribution is 5.48. The van der Waals surface area contributed by atoms with E-state index in [9.17, 15) is 0 Å². The molecule has 14 heavy (non-hydrogen) atoms. The van der Waals surface area contributed by atoms with Gasteiger partial charge >= 0.3 is 0 Å². The zero-order valence-corrected chi connectivity index (χ0v) is 9.20. The predicted molar refractivity (Wildman–Crippen MR) is 58.6 cm³/mol. The molecule has 0 spiro atoms. The maximum absolute atomic E-state index is 4.40. The summed E-state index contributed by atoms with van der Waals surface area (Å²) in [5.74, 6) is 0. The van der Waals surface area contributed by atoms with Crippen molar-refractivity contribution in [1.29, 1.82) is 0 Å². The lowest BCUT2D eigenvalue weighted by molar-refractivity contribution is 0.584. The van der Waals surface area contributed by atoms with Gasteiger partial charge in [0.15, 0.2) is 0 Å². The molecule has 0 radical (unpaired) electrons. The van der Waals surface area contributed by atoms with E-state index < -0.39 is 0 Å². The molecule has 0 fully saturated rings. The average Bonchev–Trinajstić information content (AvgIpc) is 2.41. The van der Waals surface area contributed by atoms with Crippen LogP contribution in [0.1, 0.15) is 32.0 Å². The predicted octanol–water partition coefficient (Wildman–Crippen LogP) is 2.94. The van der Waals surface area contributed by atoms with Crippen LogP contribution in [0.4, 0.5) is 0 Å². The molecule has 0 atom stereocenters. The lowest BCUT2D eigenvalue weighted by Gasteiger charge is -2.18. The lowest BCUT2D eigenvalue weighted by Crippen LogP contribution is -2.11. The summed E-state index contributed by atoms with van der Waals surface area (Å²) in [5, 5.41) is 4.40. The molecule has 2 nitrogen and oxygen atoms in total. The van der Waals surface area contributed by atoms with Gasteiger partial charge in [-0.2, -0.15) is 5.10 Å². The van der Waals surface area contributed by atoms with Gasteiger partial charge in [-0.1, -0.05) is 26.8 Å². The monoisotopic (exact) mass is 188 g/mol. The van der Waals surface area contributed by atoms with Crippen molar-refractivity contribution in [3.8, 4) is 0 Å². The maximum atomic E-state index is 4.40. The van der Waals surface area contributed by atoms with E-state index in [4.69, 9.17) is 0 Å². The van der Waals surface area contributed by atoms with E-state index in [1.165, 1.54) is 5.56 Å². The first-order valence-electron chi connectivity index (χ1n) is 4.93. The minimum absolute atomic E-state index is 0.189. The third-order valence-corrected chi connectivity index (χ3v) is 2.45. The highest BCUT2D eigenvalue weighted by Crippen LogP contribution is 2.22. The third kappa shape index (κ3) is 1.52. The summed E-state index contributed by atoms with van der Waals surface area (Å²) >= 11 is 0. The van der Waals surface area contributed by atoms with Gasteiger partial charge in [0.1, 0.15) is 0 Å². The Kier molecular flexibility index (Phi) is 1.88. The first kappa shape index (κ1) is 9.25. The molecule has 2 heteroatoms. The molecular formula is C12H16N2. The first-order valence-corrected chi connectivity index (χ1v) is 4.93. The van der Waals surface area contributed by atoms with E-state index in [-0.39, 0.29) is 5.41 Å². The fraction of sp³-hybridized carbons (Fsp3) is 0.417. The Bertz CT molecular complexity index is 461. The first-order chi connectivity index (χ1) is 6.47. The van der Waals surface area contributed by atoms with Crippen LogP contribution in [0.2, 0.25) is 0 Å². The van der Waals surface area contributed by atoms with Gasteiger partial charge in [-0.3, -0.25) is 0 Å². The molecule has 0 aliphatic heterocycles. The summed E-state index contributed by atoms with van der Waals surface area (Å²) in [6, 6.07) is 6.39. The van der Waals surface area contributed by atoms with E-state index in [2.05, 4.69) is 50.3 Å². The normalized spacial score (nSPS) is 12.3. The summed E-state index contributed by atoms with van der Waals surface area (Å²) in [6.07, 6.45) is 2.11. The highest BCUT2D eigenvalue weighted by Gasteiger charge is 2.14. The lowest BCUT2D eigenvalue weighted by atomic mass is 9.88. The standard InChI is InChI=1S/C12H16N2/c1-9-7-11-6-5-10(12(2,3)4)8-14(11)13-9/h5-8H,1-4H3. The van der Waals surface area contributed by atoms with Crippen LogP contribution in [-0.2, 0) is 5.41 Å². The van der Waals surface area contributed by atoms with Crippen molar-refractivity contribution >= 4 is 5.52 Å². The van der Waals surface area contributed by atoms with Gasteiger partial charge in [-0.15, -0.1) is 0 Å². The van der Waals surface area contributed by atoms with Gasteiger partial charge < -0.3 is 0 Å². The van der Waals surface area contributed by atoms with Crippen LogP contribution in [0.5, 0.6) is 0 Å². The minimum Gasteiger partial charge on any atom is -0.240 e. The molecule has 0 saturated carbocycles. The Hall–Kier alpha value is -1.31. The van der Waals surface area contributed by atoms with E-state index in [1.54, 1.807) is 0 Å². The number of pyridine rings is 1. The van der Waals surface area contributed by atoms with Crippen LogP contribution in [0.3, 0.4) is 0 Å². The summed E-state index contributed by atoms with van der Waals surface area (Å²) < 4.78 is 1.95. The number of rotatable bonds is 0. The molecule has 74 valence electrons. The van der Waals surface area contributed by atoms with Crippen molar-refractivity contribution in [2.45, 2.75) is 33.1 Å². The summed E-state index contributed by atoms with van der Waals surface area (Å²) in [4.78, 5) is 0. The Balaban J connectivity index is 2.62. The van der Waals surface area contributed by atoms with Crippen LogP contribution in [0.15, 0.2) is 24.4 Å². The molecule has 0 aliphatic rings. The second-order valence-electron chi connectivity index (χ2n) is 4.82. The number of fused-ring (bicyclic) bond motifs is 1. The number of nitrogens with zero attached hydrogens (tertiary/aromatic N) is 2. The summed E-state index contributed by atoms with van der Waals surface area (Å²) in [5.41, 5.74) is 3.73. The molecule has 0 amide bonds. The summed E-state index contributed by atoms with van der Waals surface area (Å²) in [6.45, 7) is 8.66. The quantitative estimate of drug-likeness (QED) is 0.621. The SMILES string of the molecule is Cc1cc2ccc(C(C)(C)C)cn2n1. The number of aromatic nitrogens is 2. The van der Waals surface area contributed by atoms with Crippen molar-refractivity contribution in [2.24, 2.45) is 0 Å². The van der Waals surface area contributed by atoms with Gasteiger partial charge in [0.25, 0.3) is 0 Å². The van der Waals surface area contributed by atoms with Gasteiger partial charge in [-0.05, 0) is 30.0 Å².